The summed E-state index contributed by atoms with van der Waals surface area (Å²) in [5.41, 5.74) is 1.58. The summed E-state index contributed by atoms with van der Waals surface area (Å²) in [6, 6.07) is 5.30. The van der Waals surface area contributed by atoms with Crippen molar-refractivity contribution >= 4 is 5.78 Å². The van der Waals surface area contributed by atoms with Crippen LogP contribution in [0.15, 0.2) is 18.2 Å². The number of benzene rings is 1. The number of carbonyl (C=O) groups excluding carboxylic acids is 1. The van der Waals surface area contributed by atoms with Gasteiger partial charge in [-0.25, -0.2) is 0 Å². The van der Waals surface area contributed by atoms with Crippen molar-refractivity contribution < 1.29 is 14.6 Å². The molecule has 2 unspecified atom stereocenters. The summed E-state index contributed by atoms with van der Waals surface area (Å²) in [5, 5.41) is 9.34. The first-order valence-corrected chi connectivity index (χ1v) is 5.38. The third-order valence-corrected chi connectivity index (χ3v) is 2.57. The molecule has 0 heterocycles. The molecule has 0 bridgehead atoms. The van der Waals surface area contributed by atoms with Crippen LogP contribution < -0.4 is 4.74 Å². The van der Waals surface area contributed by atoms with Crippen molar-refractivity contribution in [3.63, 3.8) is 0 Å². The Bertz CT molecular complexity index is 383. The fraction of sp³-hybridized carbons (Fsp3) is 0.462. The highest BCUT2D eigenvalue weighted by Crippen LogP contribution is 2.21. The van der Waals surface area contributed by atoms with E-state index in [-0.39, 0.29) is 11.9 Å². The number of hydrogen-bond donors (Lipinski definition) is 1. The van der Waals surface area contributed by atoms with E-state index in [1.54, 1.807) is 25.1 Å². The van der Waals surface area contributed by atoms with Crippen LogP contribution >= 0.6 is 0 Å². The first-order valence-electron chi connectivity index (χ1n) is 5.38. The summed E-state index contributed by atoms with van der Waals surface area (Å²) in [4.78, 5) is 11.2. The molecule has 88 valence electrons. The average molecular weight is 222 g/mol. The first-order chi connectivity index (χ1) is 7.41. The molecule has 0 aliphatic rings. The summed E-state index contributed by atoms with van der Waals surface area (Å²) in [7, 11) is 0. The Morgan fingerprint density at radius 3 is 2.44 bits per heavy atom. The second-order valence-corrected chi connectivity index (χ2v) is 4.10. The van der Waals surface area contributed by atoms with E-state index in [9.17, 15) is 9.90 Å². The Hall–Kier alpha value is -1.35. The van der Waals surface area contributed by atoms with Crippen molar-refractivity contribution in [2.45, 2.75) is 39.9 Å². The molecular formula is C13H18O3. The molecule has 0 fully saturated rings. The molecule has 0 amide bonds. The predicted molar refractivity (Wildman–Crippen MR) is 63.0 cm³/mol. The lowest BCUT2D eigenvalue weighted by Gasteiger charge is -2.18. The van der Waals surface area contributed by atoms with E-state index in [2.05, 4.69) is 0 Å². The number of aliphatic hydroxyl groups is 1. The summed E-state index contributed by atoms with van der Waals surface area (Å²) >= 11 is 0. The maximum atomic E-state index is 11.2. The first kappa shape index (κ1) is 12.7. The van der Waals surface area contributed by atoms with Crippen molar-refractivity contribution in [2.24, 2.45) is 0 Å². The van der Waals surface area contributed by atoms with Gasteiger partial charge in [-0.1, -0.05) is 0 Å². The molecule has 0 aliphatic heterocycles. The van der Waals surface area contributed by atoms with Gasteiger partial charge in [-0.3, -0.25) is 4.79 Å². The van der Waals surface area contributed by atoms with Crippen LogP contribution in [0.4, 0.5) is 0 Å². The van der Waals surface area contributed by atoms with Gasteiger partial charge in [0.15, 0.2) is 5.78 Å². The maximum absolute atomic E-state index is 11.2. The second kappa shape index (κ2) is 5.12. The van der Waals surface area contributed by atoms with Gasteiger partial charge in [0.1, 0.15) is 11.9 Å². The molecule has 0 radical (unpaired) electrons. The van der Waals surface area contributed by atoms with E-state index in [4.69, 9.17) is 4.74 Å². The number of carbonyl (C=O) groups is 1. The lowest BCUT2D eigenvalue weighted by atomic mass is 10.1. The molecule has 16 heavy (non-hydrogen) atoms. The third kappa shape index (κ3) is 3.07. The van der Waals surface area contributed by atoms with E-state index in [1.807, 2.05) is 13.8 Å². The Balaban J connectivity index is 2.87. The molecule has 0 aromatic heterocycles. The largest absolute Gasteiger partial charge is 0.488 e. The van der Waals surface area contributed by atoms with Crippen LogP contribution in [-0.4, -0.2) is 23.1 Å². The summed E-state index contributed by atoms with van der Waals surface area (Å²) < 4.78 is 5.58. The zero-order valence-corrected chi connectivity index (χ0v) is 10.2. The monoisotopic (exact) mass is 222 g/mol. The minimum Gasteiger partial charge on any atom is -0.488 e. The van der Waals surface area contributed by atoms with Gasteiger partial charge in [-0.15, -0.1) is 0 Å². The van der Waals surface area contributed by atoms with Crippen molar-refractivity contribution in [3.8, 4) is 5.75 Å². The van der Waals surface area contributed by atoms with E-state index in [1.165, 1.54) is 6.92 Å². The molecule has 0 spiro atoms. The molecule has 3 nitrogen and oxygen atoms in total. The normalized spacial score (nSPS) is 14.3. The van der Waals surface area contributed by atoms with Gasteiger partial charge in [0, 0.05) is 5.56 Å². The summed E-state index contributed by atoms with van der Waals surface area (Å²) in [5.74, 6) is 0.747. The standard InChI is InChI=1S/C13H18O3/c1-8-7-12(10(3)15)5-6-13(8)16-11(4)9(2)14/h5-7,9,11,14H,1-4H3. The lowest BCUT2D eigenvalue weighted by molar-refractivity contribution is 0.0600. The van der Waals surface area contributed by atoms with Gasteiger partial charge in [-0.2, -0.15) is 0 Å². The van der Waals surface area contributed by atoms with Crippen molar-refractivity contribution in [2.75, 3.05) is 0 Å². The fourth-order valence-electron chi connectivity index (χ4n) is 1.30. The van der Waals surface area contributed by atoms with Gasteiger partial charge in [0.25, 0.3) is 0 Å². The molecule has 1 aromatic rings. The molecular weight excluding hydrogens is 204 g/mol. The molecule has 0 aliphatic carbocycles. The van der Waals surface area contributed by atoms with Gasteiger partial charge in [0.2, 0.25) is 0 Å². The number of aryl methyl sites for hydroxylation is 1. The van der Waals surface area contributed by atoms with Gasteiger partial charge in [-0.05, 0) is 51.5 Å². The Labute approximate surface area is 96.1 Å². The van der Waals surface area contributed by atoms with Crippen LogP contribution in [0.1, 0.15) is 36.7 Å². The second-order valence-electron chi connectivity index (χ2n) is 4.10. The van der Waals surface area contributed by atoms with Crippen LogP contribution in [0.25, 0.3) is 0 Å². The third-order valence-electron chi connectivity index (χ3n) is 2.57. The minimum atomic E-state index is -0.521. The van der Waals surface area contributed by atoms with Crippen LogP contribution in [0, 0.1) is 6.92 Å². The highest BCUT2D eigenvalue weighted by atomic mass is 16.5. The van der Waals surface area contributed by atoms with Crippen LogP contribution in [-0.2, 0) is 0 Å². The quantitative estimate of drug-likeness (QED) is 0.795. The molecule has 0 saturated carbocycles. The molecule has 3 heteroatoms. The van der Waals surface area contributed by atoms with Crippen molar-refractivity contribution in [1.29, 1.82) is 0 Å². The predicted octanol–water partition coefficient (Wildman–Crippen LogP) is 2.35. The smallest absolute Gasteiger partial charge is 0.159 e. The molecule has 1 rings (SSSR count). The van der Waals surface area contributed by atoms with E-state index < -0.39 is 6.10 Å². The highest BCUT2D eigenvalue weighted by Gasteiger charge is 2.12. The number of aliphatic hydroxyl groups excluding tert-OH is 1. The highest BCUT2D eigenvalue weighted by molar-refractivity contribution is 5.94. The topological polar surface area (TPSA) is 46.5 Å². The Morgan fingerprint density at radius 1 is 1.38 bits per heavy atom. The van der Waals surface area contributed by atoms with Crippen LogP contribution in [0.3, 0.4) is 0 Å². The summed E-state index contributed by atoms with van der Waals surface area (Å²) in [6.07, 6.45) is -0.784. The van der Waals surface area contributed by atoms with Gasteiger partial charge in [0.05, 0.1) is 6.10 Å². The van der Waals surface area contributed by atoms with Crippen LogP contribution in [0.2, 0.25) is 0 Å². The van der Waals surface area contributed by atoms with E-state index in [0.717, 1.165) is 5.56 Å². The van der Waals surface area contributed by atoms with Crippen LogP contribution in [0.5, 0.6) is 5.75 Å². The lowest BCUT2D eigenvalue weighted by Crippen LogP contribution is -2.25. The Morgan fingerprint density at radius 2 is 2.00 bits per heavy atom. The van der Waals surface area contributed by atoms with Gasteiger partial charge < -0.3 is 9.84 Å². The number of rotatable bonds is 4. The van der Waals surface area contributed by atoms with Crippen molar-refractivity contribution in [1.82, 2.24) is 0 Å². The molecule has 1 N–H and O–H groups in total. The maximum Gasteiger partial charge on any atom is 0.159 e. The van der Waals surface area contributed by atoms with Crippen molar-refractivity contribution in [3.05, 3.63) is 29.3 Å². The fourth-order valence-corrected chi connectivity index (χ4v) is 1.30. The number of ether oxygens (including phenoxy) is 1. The zero-order chi connectivity index (χ0) is 12.3. The minimum absolute atomic E-state index is 0.0400. The summed E-state index contributed by atoms with van der Waals surface area (Å²) in [6.45, 7) is 6.91. The molecule has 0 saturated heterocycles. The molecule has 2 atom stereocenters. The average Bonchev–Trinajstić information content (AvgIpc) is 2.20. The van der Waals surface area contributed by atoms with Gasteiger partial charge >= 0.3 is 0 Å². The SMILES string of the molecule is CC(=O)c1ccc(OC(C)C(C)O)c(C)c1. The van der Waals surface area contributed by atoms with E-state index in [0.29, 0.717) is 11.3 Å². The number of hydrogen-bond acceptors (Lipinski definition) is 3. The Kier molecular flexibility index (Phi) is 4.07. The molecule has 1 aromatic carbocycles. The number of ketones is 1. The van der Waals surface area contributed by atoms with E-state index >= 15 is 0 Å². The number of Topliss-reactive ketones (excluding diaryl/α,β-unsaturated/α-hetero) is 1. The zero-order valence-electron chi connectivity index (χ0n) is 10.2.